The van der Waals surface area contributed by atoms with Crippen molar-refractivity contribution < 1.29 is 9.84 Å². The Morgan fingerprint density at radius 1 is 1.16 bits per heavy atom. The monoisotopic (exact) mass is 338 g/mol. The van der Waals surface area contributed by atoms with Crippen molar-refractivity contribution in [3.63, 3.8) is 0 Å². The Morgan fingerprint density at radius 2 is 1.84 bits per heavy atom. The van der Waals surface area contributed by atoms with Crippen LogP contribution in [0.1, 0.15) is 5.56 Å². The molecule has 0 aliphatic rings. The maximum absolute atomic E-state index is 12.4. The number of fused-ring (bicyclic) bond motifs is 1. The van der Waals surface area contributed by atoms with Crippen molar-refractivity contribution in [2.75, 3.05) is 6.61 Å². The molecule has 3 aromatic rings. The van der Waals surface area contributed by atoms with Gasteiger partial charge in [-0.15, -0.1) is 6.58 Å². The minimum absolute atomic E-state index is 0.115. The number of allylic oxidation sites excluding steroid dienone is 1. The van der Waals surface area contributed by atoms with Crippen LogP contribution in [0.25, 0.3) is 11.0 Å². The fraction of sp³-hybridized carbons (Fsp3) is 0.250. The minimum atomic E-state index is -0.791. The van der Waals surface area contributed by atoms with Gasteiger partial charge >= 0.3 is 5.69 Å². The van der Waals surface area contributed by atoms with Crippen LogP contribution < -0.4 is 10.4 Å². The third-order valence-electron chi connectivity index (χ3n) is 4.21. The summed E-state index contributed by atoms with van der Waals surface area (Å²) in [6.45, 7) is 4.04. The van der Waals surface area contributed by atoms with E-state index in [9.17, 15) is 9.90 Å². The zero-order chi connectivity index (χ0) is 17.8. The summed E-state index contributed by atoms with van der Waals surface area (Å²) in [4.78, 5) is 12.4. The summed E-state index contributed by atoms with van der Waals surface area (Å²) in [5, 5.41) is 10.4. The zero-order valence-electron chi connectivity index (χ0n) is 14.3. The van der Waals surface area contributed by atoms with E-state index >= 15 is 0 Å². The highest BCUT2D eigenvalue weighted by atomic mass is 16.5. The Hall–Kier alpha value is -2.79. The average molecular weight is 338 g/mol. The molecule has 0 aliphatic carbocycles. The summed E-state index contributed by atoms with van der Waals surface area (Å²) < 4.78 is 8.93. The fourth-order valence-electron chi connectivity index (χ4n) is 2.96. The van der Waals surface area contributed by atoms with Gasteiger partial charge in [-0.2, -0.15) is 0 Å². The molecule has 3 rings (SSSR count). The summed E-state index contributed by atoms with van der Waals surface area (Å²) in [6, 6.07) is 15.2. The molecule has 1 N–H and O–H groups in total. The van der Waals surface area contributed by atoms with Crippen LogP contribution in [0.4, 0.5) is 0 Å². The van der Waals surface area contributed by atoms with Gasteiger partial charge in [0.25, 0.3) is 0 Å². The molecule has 0 saturated carbocycles. The number of benzene rings is 2. The molecule has 0 saturated heterocycles. The first-order valence-electron chi connectivity index (χ1n) is 8.25. The predicted octanol–water partition coefficient (Wildman–Crippen LogP) is 2.51. The van der Waals surface area contributed by atoms with E-state index in [0.717, 1.165) is 22.3 Å². The molecule has 130 valence electrons. The number of para-hydroxylation sites is 3. The van der Waals surface area contributed by atoms with Gasteiger partial charge in [-0.25, -0.2) is 4.79 Å². The molecular formula is C20H22N2O3. The number of ether oxygens (including phenoxy) is 1. The van der Waals surface area contributed by atoms with Crippen molar-refractivity contribution in [1.29, 1.82) is 0 Å². The Bertz CT molecular complexity index is 940. The Balaban J connectivity index is 1.74. The highest BCUT2D eigenvalue weighted by molar-refractivity contribution is 5.75. The molecule has 0 aliphatic heterocycles. The predicted molar refractivity (Wildman–Crippen MR) is 99.0 cm³/mol. The molecule has 1 atom stereocenters. The highest BCUT2D eigenvalue weighted by Crippen LogP contribution is 2.19. The second kappa shape index (κ2) is 7.40. The minimum Gasteiger partial charge on any atom is -0.491 e. The van der Waals surface area contributed by atoms with Crippen LogP contribution in [-0.4, -0.2) is 27.0 Å². The van der Waals surface area contributed by atoms with E-state index in [1.165, 1.54) is 0 Å². The maximum atomic E-state index is 12.4. The third-order valence-corrected chi connectivity index (χ3v) is 4.21. The van der Waals surface area contributed by atoms with E-state index in [1.54, 1.807) is 16.2 Å². The zero-order valence-corrected chi connectivity index (χ0v) is 14.3. The number of nitrogens with zero attached hydrogens (tertiary/aromatic N) is 2. The second-order valence-corrected chi connectivity index (χ2v) is 6.01. The van der Waals surface area contributed by atoms with Crippen LogP contribution >= 0.6 is 0 Å². The van der Waals surface area contributed by atoms with Gasteiger partial charge < -0.3 is 9.84 Å². The molecule has 0 bridgehead atoms. The van der Waals surface area contributed by atoms with E-state index in [4.69, 9.17) is 4.74 Å². The molecule has 25 heavy (non-hydrogen) atoms. The topological polar surface area (TPSA) is 56.4 Å². The van der Waals surface area contributed by atoms with Crippen molar-refractivity contribution >= 4 is 11.0 Å². The molecule has 0 fully saturated rings. The molecule has 1 aromatic heterocycles. The van der Waals surface area contributed by atoms with E-state index in [0.29, 0.717) is 6.42 Å². The first-order valence-corrected chi connectivity index (χ1v) is 8.25. The van der Waals surface area contributed by atoms with Crippen LogP contribution in [0.3, 0.4) is 0 Å². The molecule has 0 amide bonds. The van der Waals surface area contributed by atoms with Crippen LogP contribution in [0.15, 0.2) is 66.0 Å². The number of aryl methyl sites for hydroxylation is 1. The number of hydrogen-bond donors (Lipinski definition) is 1. The summed E-state index contributed by atoms with van der Waals surface area (Å²) in [7, 11) is 1.73. The van der Waals surface area contributed by atoms with Crippen molar-refractivity contribution in [3.05, 3.63) is 77.2 Å². The van der Waals surface area contributed by atoms with Crippen molar-refractivity contribution in [1.82, 2.24) is 9.13 Å². The number of hydrogen-bond acceptors (Lipinski definition) is 3. The normalized spacial score (nSPS) is 12.2. The van der Waals surface area contributed by atoms with Crippen molar-refractivity contribution in [2.24, 2.45) is 7.05 Å². The maximum Gasteiger partial charge on any atom is 0.328 e. The smallest absolute Gasteiger partial charge is 0.328 e. The average Bonchev–Trinajstić information content (AvgIpc) is 2.87. The summed E-state index contributed by atoms with van der Waals surface area (Å²) in [5.41, 5.74) is 2.53. The molecule has 0 radical (unpaired) electrons. The first-order chi connectivity index (χ1) is 12.1. The SMILES string of the molecule is C=CCc1ccccc1OCC(O)Cn1c(=O)n(C)c2ccccc21. The van der Waals surface area contributed by atoms with Crippen molar-refractivity contribution in [3.8, 4) is 5.75 Å². The number of aliphatic hydroxyl groups is 1. The number of aromatic nitrogens is 2. The Morgan fingerprint density at radius 3 is 2.60 bits per heavy atom. The fourth-order valence-corrected chi connectivity index (χ4v) is 2.96. The summed E-state index contributed by atoms with van der Waals surface area (Å²) in [5.74, 6) is 0.728. The Labute approximate surface area is 146 Å². The van der Waals surface area contributed by atoms with Gasteiger partial charge in [0.15, 0.2) is 0 Å². The van der Waals surface area contributed by atoms with Gasteiger partial charge in [-0.05, 0) is 30.2 Å². The van der Waals surface area contributed by atoms with Crippen LogP contribution in [-0.2, 0) is 20.0 Å². The van der Waals surface area contributed by atoms with Crippen LogP contribution in [0.2, 0.25) is 0 Å². The number of aliphatic hydroxyl groups excluding tert-OH is 1. The molecule has 5 heteroatoms. The number of rotatable bonds is 7. The first kappa shape index (κ1) is 17.0. The quantitative estimate of drug-likeness (QED) is 0.674. The van der Waals surface area contributed by atoms with Gasteiger partial charge in [0.1, 0.15) is 18.5 Å². The lowest BCUT2D eigenvalue weighted by atomic mass is 10.1. The van der Waals surface area contributed by atoms with E-state index in [2.05, 4.69) is 6.58 Å². The highest BCUT2D eigenvalue weighted by Gasteiger charge is 2.14. The largest absolute Gasteiger partial charge is 0.491 e. The molecule has 1 unspecified atom stereocenters. The Kier molecular flexibility index (Phi) is 5.05. The number of imidazole rings is 1. The second-order valence-electron chi connectivity index (χ2n) is 6.01. The summed E-state index contributed by atoms with van der Waals surface area (Å²) >= 11 is 0. The third kappa shape index (κ3) is 3.51. The van der Waals surface area contributed by atoms with E-state index in [1.807, 2.05) is 54.6 Å². The van der Waals surface area contributed by atoms with E-state index in [-0.39, 0.29) is 18.8 Å². The standard InChI is InChI=1S/C20H22N2O3/c1-3-8-15-9-4-7-12-19(15)25-14-16(23)13-22-18-11-6-5-10-17(18)21(2)20(22)24/h3-7,9-12,16,23H,1,8,13-14H2,2H3. The lowest BCUT2D eigenvalue weighted by Crippen LogP contribution is -2.30. The van der Waals surface area contributed by atoms with Crippen LogP contribution in [0, 0.1) is 0 Å². The lowest BCUT2D eigenvalue weighted by Gasteiger charge is -2.15. The molecule has 1 heterocycles. The van der Waals surface area contributed by atoms with Gasteiger partial charge in [0.2, 0.25) is 0 Å². The lowest BCUT2D eigenvalue weighted by molar-refractivity contribution is 0.0921. The van der Waals surface area contributed by atoms with Crippen LogP contribution in [0.5, 0.6) is 5.75 Å². The van der Waals surface area contributed by atoms with Crippen molar-refractivity contribution in [2.45, 2.75) is 19.1 Å². The molecular weight excluding hydrogens is 316 g/mol. The van der Waals surface area contributed by atoms with Gasteiger partial charge in [-0.3, -0.25) is 9.13 Å². The summed E-state index contributed by atoms with van der Waals surface area (Å²) in [6.07, 6.45) is 1.73. The molecule has 5 nitrogen and oxygen atoms in total. The van der Waals surface area contributed by atoms with Gasteiger partial charge in [0, 0.05) is 7.05 Å². The van der Waals surface area contributed by atoms with E-state index < -0.39 is 6.10 Å². The molecule has 0 spiro atoms. The van der Waals surface area contributed by atoms with Gasteiger partial charge in [0.05, 0.1) is 17.6 Å². The van der Waals surface area contributed by atoms with Gasteiger partial charge in [-0.1, -0.05) is 36.4 Å². The molecule has 2 aromatic carbocycles.